The zero-order valence-electron chi connectivity index (χ0n) is 13.0. The summed E-state index contributed by atoms with van der Waals surface area (Å²) in [5, 5.41) is 9.44. The van der Waals surface area contributed by atoms with Gasteiger partial charge in [-0.3, -0.25) is 9.59 Å². The van der Waals surface area contributed by atoms with E-state index >= 15 is 0 Å². The van der Waals surface area contributed by atoms with Crippen molar-refractivity contribution in [3.05, 3.63) is 59.7 Å². The molecule has 4 rings (SSSR count). The molecule has 0 bridgehead atoms. The highest BCUT2D eigenvalue weighted by atomic mass is 16.5. The lowest BCUT2D eigenvalue weighted by Gasteiger charge is -2.28. The average Bonchev–Trinajstić information content (AvgIpc) is 3.00. The summed E-state index contributed by atoms with van der Waals surface area (Å²) in [7, 11) is 0. The second-order valence-corrected chi connectivity index (χ2v) is 6.22. The molecule has 2 atom stereocenters. The number of para-hydroxylation sites is 2. The molecule has 0 saturated carbocycles. The Morgan fingerprint density at radius 2 is 1.83 bits per heavy atom. The Kier molecular flexibility index (Phi) is 3.49. The predicted molar refractivity (Wildman–Crippen MR) is 88.3 cm³/mol. The fourth-order valence-electron chi connectivity index (χ4n) is 3.53. The number of carboxylic acid groups (broad SMARTS) is 1. The number of nitrogens with zero attached hydrogens (tertiary/aromatic N) is 1. The summed E-state index contributed by atoms with van der Waals surface area (Å²) in [6.07, 6.45) is 0.616. The molecule has 0 saturated heterocycles. The number of hydrogen-bond donors (Lipinski definition) is 1. The summed E-state index contributed by atoms with van der Waals surface area (Å²) in [6.45, 7) is 0.512. The minimum atomic E-state index is -0.900. The number of anilines is 1. The fourth-order valence-corrected chi connectivity index (χ4v) is 3.53. The van der Waals surface area contributed by atoms with Crippen LogP contribution in [0.5, 0.6) is 5.75 Å². The van der Waals surface area contributed by atoms with Crippen molar-refractivity contribution < 1.29 is 19.4 Å². The SMILES string of the molecule is O=C(O)[C@@H]1CN(C(=O)[C@H]2COc3ccccc3C2)c2ccccc21. The Bertz CT molecular complexity index is 817. The van der Waals surface area contributed by atoms with E-state index in [0.29, 0.717) is 24.3 Å². The molecule has 2 heterocycles. The van der Waals surface area contributed by atoms with Gasteiger partial charge in [0, 0.05) is 12.2 Å². The lowest BCUT2D eigenvalue weighted by Crippen LogP contribution is -2.40. The van der Waals surface area contributed by atoms with Crippen LogP contribution in [0, 0.1) is 5.92 Å². The van der Waals surface area contributed by atoms with Crippen molar-refractivity contribution in [1.29, 1.82) is 0 Å². The molecule has 0 fully saturated rings. The summed E-state index contributed by atoms with van der Waals surface area (Å²) in [5.74, 6) is -1.10. The number of ether oxygens (including phenoxy) is 1. The van der Waals surface area contributed by atoms with E-state index in [1.165, 1.54) is 0 Å². The normalized spacial score (nSPS) is 21.6. The highest BCUT2D eigenvalue weighted by Gasteiger charge is 2.39. The molecule has 0 aliphatic carbocycles. The maximum atomic E-state index is 13.0. The Balaban J connectivity index is 1.61. The first-order valence-corrected chi connectivity index (χ1v) is 7.99. The fraction of sp³-hybridized carbons (Fsp3) is 0.263. The molecule has 2 aromatic rings. The molecule has 1 amide bonds. The van der Waals surface area contributed by atoms with Crippen LogP contribution in [0.25, 0.3) is 0 Å². The zero-order chi connectivity index (χ0) is 16.7. The Morgan fingerprint density at radius 3 is 2.67 bits per heavy atom. The van der Waals surface area contributed by atoms with Crippen molar-refractivity contribution in [1.82, 2.24) is 0 Å². The van der Waals surface area contributed by atoms with Crippen LogP contribution < -0.4 is 9.64 Å². The van der Waals surface area contributed by atoms with Crippen LogP contribution in [0.4, 0.5) is 5.69 Å². The molecule has 1 N–H and O–H groups in total. The van der Waals surface area contributed by atoms with Gasteiger partial charge in [-0.1, -0.05) is 36.4 Å². The van der Waals surface area contributed by atoms with E-state index in [0.717, 1.165) is 11.3 Å². The summed E-state index contributed by atoms with van der Waals surface area (Å²) < 4.78 is 5.72. The van der Waals surface area contributed by atoms with Crippen LogP contribution in [0.3, 0.4) is 0 Å². The van der Waals surface area contributed by atoms with Gasteiger partial charge < -0.3 is 14.7 Å². The van der Waals surface area contributed by atoms with Crippen LogP contribution in [-0.2, 0) is 16.0 Å². The number of benzene rings is 2. The van der Waals surface area contributed by atoms with E-state index in [2.05, 4.69) is 0 Å². The molecule has 122 valence electrons. The van der Waals surface area contributed by atoms with Gasteiger partial charge in [0.1, 0.15) is 18.3 Å². The van der Waals surface area contributed by atoms with Crippen LogP contribution in [0.2, 0.25) is 0 Å². The van der Waals surface area contributed by atoms with E-state index in [9.17, 15) is 14.7 Å². The molecule has 2 aliphatic heterocycles. The molecule has 0 aromatic heterocycles. The van der Waals surface area contributed by atoms with E-state index in [1.807, 2.05) is 42.5 Å². The van der Waals surface area contributed by atoms with Gasteiger partial charge >= 0.3 is 5.97 Å². The number of carbonyl (C=O) groups excluding carboxylic acids is 1. The molecule has 5 nitrogen and oxygen atoms in total. The smallest absolute Gasteiger partial charge is 0.312 e. The van der Waals surface area contributed by atoms with E-state index < -0.39 is 11.9 Å². The number of rotatable bonds is 2. The predicted octanol–water partition coefficient (Wildman–Crippen LogP) is 2.45. The number of amides is 1. The molecule has 24 heavy (non-hydrogen) atoms. The van der Waals surface area contributed by atoms with Gasteiger partial charge in [0.2, 0.25) is 5.91 Å². The standard InChI is InChI=1S/C19H17NO4/c21-18(13-9-12-5-1-4-8-17(12)24-11-13)20-10-15(19(22)23)14-6-2-3-7-16(14)20/h1-8,13,15H,9-11H2,(H,22,23)/t13-,15-/m1/s1. The van der Waals surface area contributed by atoms with Crippen LogP contribution in [-0.4, -0.2) is 30.1 Å². The summed E-state index contributed by atoms with van der Waals surface area (Å²) in [5.41, 5.74) is 2.42. The number of carbonyl (C=O) groups is 2. The van der Waals surface area contributed by atoms with Crippen LogP contribution in [0.1, 0.15) is 17.0 Å². The van der Waals surface area contributed by atoms with Gasteiger partial charge in [0.25, 0.3) is 0 Å². The first kappa shape index (κ1) is 14.8. The Labute approximate surface area is 139 Å². The molecule has 2 aromatic carbocycles. The molecule has 5 heteroatoms. The van der Waals surface area contributed by atoms with Crippen molar-refractivity contribution in [2.24, 2.45) is 5.92 Å². The van der Waals surface area contributed by atoms with Gasteiger partial charge in [0.15, 0.2) is 0 Å². The van der Waals surface area contributed by atoms with E-state index in [4.69, 9.17) is 4.74 Å². The van der Waals surface area contributed by atoms with Gasteiger partial charge in [-0.15, -0.1) is 0 Å². The Hall–Kier alpha value is -2.82. The van der Waals surface area contributed by atoms with Crippen molar-refractivity contribution in [3.63, 3.8) is 0 Å². The van der Waals surface area contributed by atoms with E-state index in [1.54, 1.807) is 11.0 Å². The first-order valence-electron chi connectivity index (χ1n) is 7.99. The Morgan fingerprint density at radius 1 is 1.08 bits per heavy atom. The van der Waals surface area contributed by atoms with Gasteiger partial charge in [-0.05, 0) is 29.7 Å². The van der Waals surface area contributed by atoms with Gasteiger partial charge in [0.05, 0.1) is 5.92 Å². The lowest BCUT2D eigenvalue weighted by molar-refractivity contribution is -0.138. The number of fused-ring (bicyclic) bond motifs is 2. The van der Waals surface area contributed by atoms with Crippen molar-refractivity contribution in [2.45, 2.75) is 12.3 Å². The second kappa shape index (κ2) is 5.67. The van der Waals surface area contributed by atoms with Gasteiger partial charge in [-0.25, -0.2) is 0 Å². The largest absolute Gasteiger partial charge is 0.492 e. The molecule has 0 unspecified atom stereocenters. The topological polar surface area (TPSA) is 66.8 Å². The van der Waals surface area contributed by atoms with Crippen LogP contribution >= 0.6 is 0 Å². The summed E-state index contributed by atoms with van der Waals surface area (Å²) in [4.78, 5) is 26.1. The second-order valence-electron chi connectivity index (χ2n) is 6.22. The highest BCUT2D eigenvalue weighted by Crippen LogP contribution is 2.38. The third-order valence-electron chi connectivity index (χ3n) is 4.76. The zero-order valence-corrected chi connectivity index (χ0v) is 13.0. The quantitative estimate of drug-likeness (QED) is 0.922. The number of hydrogen-bond acceptors (Lipinski definition) is 3. The lowest BCUT2D eigenvalue weighted by atomic mass is 9.95. The molecule has 2 aliphatic rings. The summed E-state index contributed by atoms with van der Waals surface area (Å²) >= 11 is 0. The molecular formula is C19H17NO4. The van der Waals surface area contributed by atoms with Crippen molar-refractivity contribution in [2.75, 3.05) is 18.1 Å². The highest BCUT2D eigenvalue weighted by molar-refractivity contribution is 6.00. The van der Waals surface area contributed by atoms with E-state index in [-0.39, 0.29) is 18.4 Å². The van der Waals surface area contributed by atoms with Crippen molar-refractivity contribution >= 4 is 17.6 Å². The monoisotopic (exact) mass is 323 g/mol. The maximum Gasteiger partial charge on any atom is 0.312 e. The molecule has 0 radical (unpaired) electrons. The first-order chi connectivity index (χ1) is 11.6. The maximum absolute atomic E-state index is 13.0. The van der Waals surface area contributed by atoms with Crippen LogP contribution in [0.15, 0.2) is 48.5 Å². The third kappa shape index (κ3) is 2.33. The molecule has 0 spiro atoms. The number of carboxylic acids is 1. The average molecular weight is 323 g/mol. The van der Waals surface area contributed by atoms with Crippen molar-refractivity contribution in [3.8, 4) is 5.75 Å². The summed E-state index contributed by atoms with van der Waals surface area (Å²) in [6, 6.07) is 14.9. The van der Waals surface area contributed by atoms with Gasteiger partial charge in [-0.2, -0.15) is 0 Å². The minimum absolute atomic E-state index is 0.0688. The molecular weight excluding hydrogens is 306 g/mol. The minimum Gasteiger partial charge on any atom is -0.492 e. The third-order valence-corrected chi connectivity index (χ3v) is 4.76. The number of aliphatic carboxylic acids is 1.